The zero-order valence-electron chi connectivity index (χ0n) is 10.3. The van der Waals surface area contributed by atoms with Gasteiger partial charge in [0.05, 0.1) is 11.9 Å². The third-order valence-electron chi connectivity index (χ3n) is 4.90. The van der Waals surface area contributed by atoms with E-state index in [1.54, 1.807) is 0 Å². The molecular formula is C12H21NO3S. The van der Waals surface area contributed by atoms with E-state index in [0.717, 1.165) is 38.5 Å². The lowest BCUT2D eigenvalue weighted by atomic mass is 9.72. The molecule has 3 saturated carbocycles. The first-order valence-corrected chi connectivity index (χ1v) is 8.40. The van der Waals surface area contributed by atoms with Crippen LogP contribution >= 0.6 is 0 Å². The second kappa shape index (κ2) is 3.45. The molecule has 0 heterocycles. The topological polar surface area (TPSA) is 66.4 Å². The SMILES string of the molecule is CS(=O)(=O)NC12CC3CCCC(O)(CC3C1)C2. The molecule has 4 unspecified atom stereocenters. The average molecular weight is 259 g/mol. The van der Waals surface area contributed by atoms with Crippen molar-refractivity contribution >= 4 is 10.0 Å². The maximum Gasteiger partial charge on any atom is 0.209 e. The molecule has 17 heavy (non-hydrogen) atoms. The van der Waals surface area contributed by atoms with E-state index in [1.807, 2.05) is 0 Å². The molecule has 0 radical (unpaired) electrons. The van der Waals surface area contributed by atoms with Crippen molar-refractivity contribution in [2.24, 2.45) is 11.8 Å². The Hall–Kier alpha value is -0.130. The van der Waals surface area contributed by atoms with Gasteiger partial charge in [-0.25, -0.2) is 13.1 Å². The molecule has 4 nitrogen and oxygen atoms in total. The summed E-state index contributed by atoms with van der Waals surface area (Å²) in [6, 6.07) is 0. The Morgan fingerprint density at radius 3 is 2.65 bits per heavy atom. The molecule has 98 valence electrons. The van der Waals surface area contributed by atoms with Crippen LogP contribution in [-0.2, 0) is 10.0 Å². The lowest BCUT2D eigenvalue weighted by molar-refractivity contribution is -0.0341. The van der Waals surface area contributed by atoms with Gasteiger partial charge in [-0.2, -0.15) is 0 Å². The summed E-state index contributed by atoms with van der Waals surface area (Å²) in [6.45, 7) is 0. The summed E-state index contributed by atoms with van der Waals surface area (Å²) < 4.78 is 25.9. The second-order valence-corrected chi connectivity index (χ2v) is 8.33. The zero-order valence-corrected chi connectivity index (χ0v) is 11.1. The molecule has 5 heteroatoms. The molecule has 2 N–H and O–H groups in total. The predicted molar refractivity (Wildman–Crippen MR) is 65.0 cm³/mol. The van der Waals surface area contributed by atoms with Crippen molar-refractivity contribution in [3.05, 3.63) is 0 Å². The fourth-order valence-corrected chi connectivity index (χ4v) is 5.75. The van der Waals surface area contributed by atoms with Crippen LogP contribution in [0.3, 0.4) is 0 Å². The van der Waals surface area contributed by atoms with Crippen molar-refractivity contribution in [1.82, 2.24) is 4.72 Å². The molecule has 3 aliphatic rings. The van der Waals surface area contributed by atoms with E-state index in [1.165, 1.54) is 6.26 Å². The summed E-state index contributed by atoms with van der Waals surface area (Å²) >= 11 is 0. The van der Waals surface area contributed by atoms with E-state index in [9.17, 15) is 13.5 Å². The number of nitrogens with one attached hydrogen (secondary N) is 1. The van der Waals surface area contributed by atoms with Gasteiger partial charge >= 0.3 is 0 Å². The molecule has 3 fully saturated rings. The van der Waals surface area contributed by atoms with Crippen LogP contribution < -0.4 is 4.72 Å². The molecule has 0 aromatic rings. The van der Waals surface area contributed by atoms with Gasteiger partial charge in [0, 0.05) is 5.54 Å². The Morgan fingerprint density at radius 2 is 1.94 bits per heavy atom. The maximum absolute atomic E-state index is 11.5. The van der Waals surface area contributed by atoms with Crippen molar-refractivity contribution in [3.8, 4) is 0 Å². The Balaban J connectivity index is 1.93. The van der Waals surface area contributed by atoms with Crippen LogP contribution in [0.2, 0.25) is 0 Å². The molecule has 0 saturated heterocycles. The largest absolute Gasteiger partial charge is 0.390 e. The van der Waals surface area contributed by atoms with Crippen LogP contribution in [0.1, 0.15) is 44.9 Å². The Morgan fingerprint density at radius 1 is 1.24 bits per heavy atom. The minimum Gasteiger partial charge on any atom is -0.390 e. The quantitative estimate of drug-likeness (QED) is 0.778. The van der Waals surface area contributed by atoms with Gasteiger partial charge < -0.3 is 5.11 Å². The first kappa shape index (κ1) is 11.9. The minimum absolute atomic E-state index is 0.351. The molecule has 0 spiro atoms. The van der Waals surface area contributed by atoms with Gasteiger partial charge in [-0.15, -0.1) is 0 Å². The summed E-state index contributed by atoms with van der Waals surface area (Å²) in [5, 5.41) is 10.6. The number of aliphatic hydroxyl groups is 1. The highest BCUT2D eigenvalue weighted by Gasteiger charge is 2.57. The molecule has 0 amide bonds. The first-order valence-electron chi connectivity index (χ1n) is 6.51. The number of rotatable bonds is 2. The van der Waals surface area contributed by atoms with Gasteiger partial charge in [-0.1, -0.05) is 12.8 Å². The van der Waals surface area contributed by atoms with Crippen molar-refractivity contribution in [3.63, 3.8) is 0 Å². The molecule has 0 aromatic carbocycles. The molecule has 3 rings (SSSR count). The normalized spacial score (nSPS) is 49.3. The maximum atomic E-state index is 11.5. The van der Waals surface area contributed by atoms with E-state index >= 15 is 0 Å². The summed E-state index contributed by atoms with van der Waals surface area (Å²) in [5.74, 6) is 1.13. The minimum atomic E-state index is -3.19. The number of hydrogen-bond donors (Lipinski definition) is 2. The van der Waals surface area contributed by atoms with E-state index in [-0.39, 0.29) is 5.54 Å². The Labute approximate surface area is 103 Å². The van der Waals surface area contributed by atoms with E-state index in [0.29, 0.717) is 18.3 Å². The molecular weight excluding hydrogens is 238 g/mol. The second-order valence-electron chi connectivity index (χ2n) is 6.58. The number of sulfonamides is 1. The van der Waals surface area contributed by atoms with Gasteiger partial charge in [-0.05, 0) is 43.9 Å². The molecule has 3 aliphatic carbocycles. The lowest BCUT2D eigenvalue weighted by Crippen LogP contribution is -2.54. The van der Waals surface area contributed by atoms with Crippen LogP contribution in [-0.4, -0.2) is 30.9 Å². The van der Waals surface area contributed by atoms with Crippen molar-refractivity contribution in [2.45, 2.75) is 56.1 Å². The highest BCUT2D eigenvalue weighted by molar-refractivity contribution is 7.88. The predicted octanol–water partition coefficient (Wildman–Crippen LogP) is 1.01. The number of hydrogen-bond acceptors (Lipinski definition) is 3. The highest BCUT2D eigenvalue weighted by Crippen LogP contribution is 2.57. The Bertz CT molecular complexity index is 435. The van der Waals surface area contributed by atoms with Crippen molar-refractivity contribution in [2.75, 3.05) is 6.26 Å². The van der Waals surface area contributed by atoms with Gasteiger partial charge in [-0.3, -0.25) is 0 Å². The van der Waals surface area contributed by atoms with Crippen molar-refractivity contribution in [1.29, 1.82) is 0 Å². The van der Waals surface area contributed by atoms with Gasteiger partial charge in [0.2, 0.25) is 10.0 Å². The fraction of sp³-hybridized carbons (Fsp3) is 1.00. The van der Waals surface area contributed by atoms with Crippen LogP contribution in [0.15, 0.2) is 0 Å². The van der Waals surface area contributed by atoms with Crippen LogP contribution in [0.5, 0.6) is 0 Å². The first-order chi connectivity index (χ1) is 7.79. The van der Waals surface area contributed by atoms with Gasteiger partial charge in [0.1, 0.15) is 0 Å². The fourth-order valence-electron chi connectivity index (χ4n) is 4.73. The molecule has 4 atom stereocenters. The summed E-state index contributed by atoms with van der Waals surface area (Å²) in [4.78, 5) is 0. The van der Waals surface area contributed by atoms with Gasteiger partial charge in [0.25, 0.3) is 0 Å². The summed E-state index contributed by atoms with van der Waals surface area (Å²) in [5.41, 5.74) is -0.970. The third-order valence-corrected chi connectivity index (χ3v) is 5.70. The van der Waals surface area contributed by atoms with E-state index in [2.05, 4.69) is 4.72 Å². The molecule has 0 aromatic heterocycles. The monoisotopic (exact) mass is 259 g/mol. The average Bonchev–Trinajstić information content (AvgIpc) is 2.26. The zero-order chi connectivity index (χ0) is 12.3. The summed E-state index contributed by atoms with van der Waals surface area (Å²) in [6.07, 6.45) is 7.65. The molecule has 0 aliphatic heterocycles. The van der Waals surface area contributed by atoms with Crippen molar-refractivity contribution < 1.29 is 13.5 Å². The van der Waals surface area contributed by atoms with Crippen LogP contribution in [0.4, 0.5) is 0 Å². The van der Waals surface area contributed by atoms with Gasteiger partial charge in [0.15, 0.2) is 0 Å². The smallest absolute Gasteiger partial charge is 0.209 e. The molecule has 3 bridgehead atoms. The van der Waals surface area contributed by atoms with E-state index < -0.39 is 15.6 Å². The summed E-state index contributed by atoms with van der Waals surface area (Å²) in [7, 11) is -3.19. The third kappa shape index (κ3) is 2.13. The van der Waals surface area contributed by atoms with E-state index in [4.69, 9.17) is 0 Å². The highest BCUT2D eigenvalue weighted by atomic mass is 32.2. The lowest BCUT2D eigenvalue weighted by Gasteiger charge is -2.43. The standard InChI is InChI=1S/C12H21NO3S/c1-17(15,16)13-11-5-9-3-2-4-12(14,8-11)7-10(9)6-11/h9-10,13-14H,2-8H2,1H3. The Kier molecular flexibility index (Phi) is 2.42. The van der Waals surface area contributed by atoms with Crippen LogP contribution in [0.25, 0.3) is 0 Å². The van der Waals surface area contributed by atoms with Crippen LogP contribution in [0, 0.1) is 11.8 Å². The number of fused-ring (bicyclic) bond motifs is 2.